The molecule has 0 radical (unpaired) electrons. The minimum atomic E-state index is -0.0564. The summed E-state index contributed by atoms with van der Waals surface area (Å²) < 4.78 is 0. The van der Waals surface area contributed by atoms with E-state index in [2.05, 4.69) is 24.4 Å². The molecule has 1 aromatic rings. The number of carbonyl (C=O) groups excluding carboxylic acids is 1. The lowest BCUT2D eigenvalue weighted by Crippen LogP contribution is -2.25. The highest BCUT2D eigenvalue weighted by molar-refractivity contribution is 6.36. The van der Waals surface area contributed by atoms with Gasteiger partial charge in [0.1, 0.15) is 0 Å². The molecule has 0 spiro atoms. The smallest absolute Gasteiger partial charge is 0.240 e. The fourth-order valence-corrected chi connectivity index (χ4v) is 3.34. The van der Waals surface area contributed by atoms with Crippen LogP contribution < -0.4 is 5.43 Å². The van der Waals surface area contributed by atoms with Gasteiger partial charge in [-0.05, 0) is 30.0 Å². The fraction of sp³-hybridized carbons (Fsp3) is 0.467. The zero-order valence-electron chi connectivity index (χ0n) is 11.7. The van der Waals surface area contributed by atoms with Crippen LogP contribution in [0, 0.1) is 0 Å². The van der Waals surface area contributed by atoms with Crippen LogP contribution in [-0.4, -0.2) is 11.6 Å². The molecule has 0 saturated carbocycles. The van der Waals surface area contributed by atoms with Gasteiger partial charge in [-0.1, -0.05) is 43.5 Å². The van der Waals surface area contributed by atoms with Crippen molar-refractivity contribution in [1.82, 2.24) is 5.43 Å². The molecule has 0 aliphatic carbocycles. The molecule has 1 aromatic carbocycles. The van der Waals surface area contributed by atoms with Crippen LogP contribution in [-0.2, 0) is 4.79 Å². The van der Waals surface area contributed by atoms with E-state index in [0.29, 0.717) is 28.8 Å². The van der Waals surface area contributed by atoms with Crippen LogP contribution >= 0.6 is 23.2 Å². The second-order valence-corrected chi connectivity index (χ2v) is 5.95. The summed E-state index contributed by atoms with van der Waals surface area (Å²) >= 11 is 12.8. The Morgan fingerprint density at radius 3 is 2.45 bits per heavy atom. The van der Waals surface area contributed by atoms with Crippen LogP contribution in [0.25, 0.3) is 0 Å². The zero-order chi connectivity index (χ0) is 14.7. The number of hydrazone groups is 1. The number of benzene rings is 1. The minimum Gasteiger partial charge on any atom is -0.273 e. The molecule has 2 rings (SSSR count). The monoisotopic (exact) mass is 312 g/mol. The molecule has 1 unspecified atom stereocenters. The van der Waals surface area contributed by atoms with Crippen molar-refractivity contribution in [2.45, 2.75) is 45.4 Å². The molecule has 0 bridgehead atoms. The van der Waals surface area contributed by atoms with Crippen molar-refractivity contribution in [3.63, 3.8) is 0 Å². The predicted octanol–water partition coefficient (Wildman–Crippen LogP) is 4.51. The van der Waals surface area contributed by atoms with E-state index >= 15 is 0 Å². The first kappa shape index (κ1) is 15.3. The lowest BCUT2D eigenvalue weighted by molar-refractivity contribution is -0.121. The summed E-state index contributed by atoms with van der Waals surface area (Å²) in [7, 11) is 0. The molecule has 0 fully saturated rings. The highest BCUT2D eigenvalue weighted by Gasteiger charge is 2.18. The van der Waals surface area contributed by atoms with Gasteiger partial charge in [0, 0.05) is 28.5 Å². The van der Waals surface area contributed by atoms with Gasteiger partial charge in [-0.2, -0.15) is 5.10 Å². The van der Waals surface area contributed by atoms with Crippen LogP contribution in [0.1, 0.15) is 56.6 Å². The Kier molecular flexibility index (Phi) is 5.06. The van der Waals surface area contributed by atoms with Crippen LogP contribution in [0.2, 0.25) is 10.0 Å². The topological polar surface area (TPSA) is 41.5 Å². The molecule has 1 aliphatic heterocycles. The molecule has 0 saturated heterocycles. The highest BCUT2D eigenvalue weighted by atomic mass is 35.5. The van der Waals surface area contributed by atoms with Gasteiger partial charge < -0.3 is 0 Å². The van der Waals surface area contributed by atoms with Crippen molar-refractivity contribution in [2.75, 3.05) is 0 Å². The maximum Gasteiger partial charge on any atom is 0.240 e. The number of nitrogens with one attached hydrogen (secondary N) is 1. The van der Waals surface area contributed by atoms with Crippen molar-refractivity contribution in [1.29, 1.82) is 0 Å². The SMILES string of the molecule is CCCC(C)c1c(Cl)cc(C2=NNC(=O)CC2)cc1Cl. The average molecular weight is 313 g/mol. The van der Waals surface area contributed by atoms with Crippen LogP contribution in [0.4, 0.5) is 0 Å². The number of halogens is 2. The van der Waals surface area contributed by atoms with E-state index in [-0.39, 0.29) is 5.91 Å². The Hall–Kier alpha value is -1.06. The maximum atomic E-state index is 11.1. The van der Waals surface area contributed by atoms with Crippen molar-refractivity contribution in [3.8, 4) is 0 Å². The lowest BCUT2D eigenvalue weighted by atomic mass is 9.94. The molecule has 20 heavy (non-hydrogen) atoms. The minimum absolute atomic E-state index is 0.0564. The standard InChI is InChI=1S/C15H18Cl2N2O/c1-3-4-9(2)15-11(16)7-10(8-12(15)17)13-5-6-14(20)19-18-13/h7-9H,3-6H2,1-2H3,(H,19,20). The fourth-order valence-electron chi connectivity index (χ4n) is 2.48. The van der Waals surface area contributed by atoms with Crippen LogP contribution in [0.5, 0.6) is 0 Å². The largest absolute Gasteiger partial charge is 0.273 e. The molecular formula is C15H18Cl2N2O. The van der Waals surface area contributed by atoms with E-state index in [1.54, 1.807) is 0 Å². The zero-order valence-corrected chi connectivity index (χ0v) is 13.2. The Bertz CT molecular complexity index is 532. The van der Waals surface area contributed by atoms with Gasteiger partial charge in [-0.3, -0.25) is 4.79 Å². The Morgan fingerprint density at radius 1 is 1.30 bits per heavy atom. The van der Waals surface area contributed by atoms with Gasteiger partial charge in [-0.25, -0.2) is 5.43 Å². The summed E-state index contributed by atoms with van der Waals surface area (Å²) in [5.41, 5.74) is 5.19. The Morgan fingerprint density at radius 2 is 1.95 bits per heavy atom. The summed E-state index contributed by atoms with van der Waals surface area (Å²) in [4.78, 5) is 11.1. The van der Waals surface area contributed by atoms with E-state index in [1.807, 2.05) is 12.1 Å². The van der Waals surface area contributed by atoms with Gasteiger partial charge in [0.2, 0.25) is 5.91 Å². The average Bonchev–Trinajstić information content (AvgIpc) is 2.39. The third-order valence-corrected chi connectivity index (χ3v) is 4.16. The molecule has 1 aliphatic rings. The lowest BCUT2D eigenvalue weighted by Gasteiger charge is -2.18. The van der Waals surface area contributed by atoms with Gasteiger partial charge in [0.05, 0.1) is 5.71 Å². The van der Waals surface area contributed by atoms with E-state index in [9.17, 15) is 4.79 Å². The molecule has 108 valence electrons. The van der Waals surface area contributed by atoms with Crippen LogP contribution in [0.3, 0.4) is 0 Å². The highest BCUT2D eigenvalue weighted by Crippen LogP contribution is 2.35. The van der Waals surface area contributed by atoms with Gasteiger partial charge in [-0.15, -0.1) is 0 Å². The number of nitrogens with zero attached hydrogens (tertiary/aromatic N) is 1. The first-order valence-electron chi connectivity index (χ1n) is 6.87. The second kappa shape index (κ2) is 6.59. The van der Waals surface area contributed by atoms with Gasteiger partial charge >= 0.3 is 0 Å². The van der Waals surface area contributed by atoms with E-state index in [1.165, 1.54) is 0 Å². The molecule has 1 amide bonds. The van der Waals surface area contributed by atoms with Crippen molar-refractivity contribution in [3.05, 3.63) is 33.3 Å². The number of rotatable bonds is 4. The Balaban J connectivity index is 2.33. The quantitative estimate of drug-likeness (QED) is 0.873. The number of carbonyl (C=O) groups is 1. The molecule has 5 heteroatoms. The predicted molar refractivity (Wildman–Crippen MR) is 83.7 cm³/mol. The van der Waals surface area contributed by atoms with Crippen LogP contribution in [0.15, 0.2) is 17.2 Å². The van der Waals surface area contributed by atoms with E-state index < -0.39 is 0 Å². The molecular weight excluding hydrogens is 295 g/mol. The molecule has 3 nitrogen and oxygen atoms in total. The van der Waals surface area contributed by atoms with E-state index in [0.717, 1.165) is 29.7 Å². The summed E-state index contributed by atoms with van der Waals surface area (Å²) in [6.45, 7) is 4.28. The molecule has 0 aromatic heterocycles. The van der Waals surface area contributed by atoms with E-state index in [4.69, 9.17) is 23.2 Å². The summed E-state index contributed by atoms with van der Waals surface area (Å²) in [5.74, 6) is 0.279. The van der Waals surface area contributed by atoms with Crippen molar-refractivity contribution < 1.29 is 4.79 Å². The van der Waals surface area contributed by atoms with Gasteiger partial charge in [0.15, 0.2) is 0 Å². The summed E-state index contributed by atoms with van der Waals surface area (Å²) in [6.07, 6.45) is 3.20. The normalized spacial score (nSPS) is 16.6. The molecule has 1 N–H and O–H groups in total. The molecule has 1 atom stereocenters. The number of hydrogen-bond donors (Lipinski definition) is 1. The van der Waals surface area contributed by atoms with Crippen molar-refractivity contribution in [2.24, 2.45) is 5.10 Å². The Labute approximate surface area is 129 Å². The summed E-state index contributed by atoms with van der Waals surface area (Å²) in [6, 6.07) is 3.79. The van der Waals surface area contributed by atoms with Gasteiger partial charge in [0.25, 0.3) is 0 Å². The van der Waals surface area contributed by atoms with Crippen molar-refractivity contribution >= 4 is 34.8 Å². The first-order valence-corrected chi connectivity index (χ1v) is 7.63. The second-order valence-electron chi connectivity index (χ2n) is 5.14. The number of hydrogen-bond acceptors (Lipinski definition) is 2. The molecule has 1 heterocycles. The maximum absolute atomic E-state index is 11.1. The number of amides is 1. The third kappa shape index (κ3) is 3.33. The third-order valence-electron chi connectivity index (χ3n) is 3.53. The summed E-state index contributed by atoms with van der Waals surface area (Å²) in [5, 5.41) is 5.42. The first-order chi connectivity index (χ1) is 9.52.